The number of azo groups is 1. The second-order valence-electron chi connectivity index (χ2n) is 28.7. The number of ether oxygens (including phenoxy) is 8. The van der Waals surface area contributed by atoms with E-state index >= 15 is 0 Å². The first kappa shape index (κ1) is 96.2. The molecule has 2 aromatic carbocycles. The van der Waals surface area contributed by atoms with Crippen molar-refractivity contribution < 1.29 is 85.6 Å². The van der Waals surface area contributed by atoms with E-state index < -0.39 is 45.8 Å². The van der Waals surface area contributed by atoms with Gasteiger partial charge in [0.25, 0.3) is 0 Å². The lowest BCUT2D eigenvalue weighted by Crippen LogP contribution is -2.41. The number of hydrogen-bond donors (Lipinski definition) is 5. The molecule has 0 aliphatic carbocycles. The minimum absolute atomic E-state index is 0.0347. The molecule has 5 N–H and O–H groups in total. The Hall–Kier alpha value is -7.02. The number of para-hydroxylation sites is 1. The Morgan fingerprint density at radius 1 is 0.541 bits per heavy atom. The van der Waals surface area contributed by atoms with Crippen LogP contribution in [0.25, 0.3) is 0 Å². The van der Waals surface area contributed by atoms with E-state index in [1.54, 1.807) is 25.7 Å². The zero-order valence-electron chi connectivity index (χ0n) is 67.6. The molecule has 25 nitrogen and oxygen atoms in total. The minimum atomic E-state index is -4.21. The number of methoxy groups -OCH3 is 2. The van der Waals surface area contributed by atoms with E-state index in [1.807, 2.05) is 30.3 Å². The van der Waals surface area contributed by atoms with Crippen molar-refractivity contribution in [3.05, 3.63) is 53.6 Å². The summed E-state index contributed by atoms with van der Waals surface area (Å²) in [6.45, 7) is 16.3. The van der Waals surface area contributed by atoms with Crippen molar-refractivity contribution in [2.75, 3.05) is 76.6 Å². The Bertz CT molecular complexity index is 3230. The average Bonchev–Trinajstić information content (AvgIpc) is 0.791. The number of aliphatic hydroxyl groups is 3. The van der Waals surface area contributed by atoms with Crippen molar-refractivity contribution in [1.82, 2.24) is 9.88 Å². The predicted octanol–water partition coefficient (Wildman–Crippen LogP) is 17.0. The van der Waals surface area contributed by atoms with Crippen LogP contribution >= 0.6 is 0 Å². The Kier molecular flexibility index (Phi) is 51.1. The van der Waals surface area contributed by atoms with E-state index in [1.165, 1.54) is 26.4 Å². The molecule has 7 unspecified atom stereocenters. The van der Waals surface area contributed by atoms with Crippen LogP contribution < -0.4 is 20.1 Å². The highest BCUT2D eigenvalue weighted by Crippen LogP contribution is 2.41. The first-order valence-corrected chi connectivity index (χ1v) is 42.4. The normalized spacial score (nSPS) is 13.6. The van der Waals surface area contributed by atoms with Gasteiger partial charge in [0.2, 0.25) is 0 Å². The molecule has 0 saturated heterocycles. The number of sulfone groups is 1. The zero-order valence-corrected chi connectivity index (χ0v) is 68.4. The van der Waals surface area contributed by atoms with Crippen molar-refractivity contribution in [1.29, 1.82) is 5.26 Å². The number of anilines is 3. The largest absolute Gasteiger partial charge is 0.495 e. The number of hydrogen-bond acceptors (Lipinski definition) is 25. The quantitative estimate of drug-likeness (QED) is 0.0152. The number of carbonyl (C=O) groups excluding carboxylic acids is 5. The van der Waals surface area contributed by atoms with E-state index in [2.05, 4.69) is 61.5 Å². The van der Waals surface area contributed by atoms with Gasteiger partial charge in [-0.15, -0.1) is 10.2 Å². The number of benzene rings is 2. The lowest BCUT2D eigenvalue weighted by molar-refractivity contribution is -0.152. The van der Waals surface area contributed by atoms with Crippen LogP contribution in [0.2, 0.25) is 0 Å². The van der Waals surface area contributed by atoms with Crippen LogP contribution in [-0.2, 0) is 62.2 Å². The summed E-state index contributed by atoms with van der Waals surface area (Å²) in [6.07, 6.45) is 21.3. The molecule has 26 heteroatoms. The lowest BCUT2D eigenvalue weighted by Gasteiger charge is -2.28. The minimum Gasteiger partial charge on any atom is -0.495 e. The molecule has 0 radical (unpaired) electrons. The molecule has 0 spiro atoms. The maximum Gasteiger partial charge on any atom is 0.306 e. The van der Waals surface area contributed by atoms with Crippen molar-refractivity contribution in [3.8, 4) is 17.6 Å². The summed E-state index contributed by atoms with van der Waals surface area (Å²) >= 11 is 0. The van der Waals surface area contributed by atoms with E-state index in [9.17, 15) is 53.0 Å². The summed E-state index contributed by atoms with van der Waals surface area (Å²) in [4.78, 5) is 71.0. The highest BCUT2D eigenvalue weighted by atomic mass is 32.2. The molecule has 1 heterocycles. The molecular formula is C83H135N7O18S. The second kappa shape index (κ2) is 57.9. The van der Waals surface area contributed by atoms with Crippen LogP contribution in [-0.4, -0.2) is 172 Å². The Labute approximate surface area is 651 Å². The van der Waals surface area contributed by atoms with Gasteiger partial charge < -0.3 is 63.8 Å². The number of pyridine rings is 1. The topological polar surface area (TPSA) is 343 Å². The van der Waals surface area contributed by atoms with Gasteiger partial charge >= 0.3 is 29.8 Å². The SMILES string of the molecule is CCCCC(O)CCCCC(=O)OC(C)CN(CCS(=O)(=O)c1cc(OC)c(N=Nc2c(Nc3ccccc3)nc(NCCOCCOC(=O)CCCCC(CCCC)OC(=O)CCCCC(O)CCCC)c(C#N)c2C)cc1OC)CC(C)OC(=O)CCCCC(CCCC)OC(=O)CCCCC(O)CCCC. The number of unbranched alkanes of at least 4 members (excludes halogenated alkanes) is 10. The maximum atomic E-state index is 14.6. The van der Waals surface area contributed by atoms with Gasteiger partial charge in [-0.2, -0.15) is 5.26 Å². The number of aliphatic hydroxyl groups excluding tert-OH is 3. The Balaban J connectivity index is 1.73. The fourth-order valence-corrected chi connectivity index (χ4v) is 14.0. The summed E-state index contributed by atoms with van der Waals surface area (Å²) in [5, 5.41) is 56.8. The Morgan fingerprint density at radius 3 is 1.43 bits per heavy atom. The van der Waals surface area contributed by atoms with Crippen LogP contribution in [0.15, 0.2) is 57.6 Å². The van der Waals surface area contributed by atoms with Crippen molar-refractivity contribution in [2.24, 2.45) is 10.2 Å². The number of aromatic nitrogens is 1. The summed E-state index contributed by atoms with van der Waals surface area (Å²) < 4.78 is 75.4. The van der Waals surface area contributed by atoms with Crippen LogP contribution in [0.5, 0.6) is 11.5 Å². The molecule has 109 heavy (non-hydrogen) atoms. The first-order valence-electron chi connectivity index (χ1n) is 40.7. The lowest BCUT2D eigenvalue weighted by atomic mass is 10.0. The summed E-state index contributed by atoms with van der Waals surface area (Å²) in [7, 11) is -1.52. The number of carbonyl (C=O) groups is 5. The number of nitrogens with one attached hydrogen (secondary N) is 2. The predicted molar refractivity (Wildman–Crippen MR) is 425 cm³/mol. The van der Waals surface area contributed by atoms with E-state index in [4.69, 9.17) is 42.9 Å². The summed E-state index contributed by atoms with van der Waals surface area (Å²) in [5.74, 6) is -1.68. The molecular weight excluding hydrogens is 1420 g/mol. The third-order valence-electron chi connectivity index (χ3n) is 18.9. The van der Waals surface area contributed by atoms with Gasteiger partial charge in [0, 0.05) is 81.7 Å². The molecule has 0 amide bonds. The first-order chi connectivity index (χ1) is 52.5. The molecule has 3 rings (SSSR count). The zero-order chi connectivity index (χ0) is 80.0. The third-order valence-corrected chi connectivity index (χ3v) is 20.6. The maximum absolute atomic E-state index is 14.6. The molecule has 0 aliphatic rings. The number of nitrogens with zero attached hydrogens (tertiary/aromatic N) is 5. The smallest absolute Gasteiger partial charge is 0.306 e. The van der Waals surface area contributed by atoms with Gasteiger partial charge in [-0.3, -0.25) is 28.9 Å². The second-order valence-corrected chi connectivity index (χ2v) is 30.8. The monoisotopic (exact) mass is 1550 g/mol. The molecule has 0 saturated carbocycles. The van der Waals surface area contributed by atoms with Crippen LogP contribution in [0.4, 0.5) is 28.7 Å². The van der Waals surface area contributed by atoms with Crippen molar-refractivity contribution in [2.45, 2.75) is 328 Å². The van der Waals surface area contributed by atoms with E-state index in [0.717, 1.165) is 103 Å². The van der Waals surface area contributed by atoms with E-state index in [0.29, 0.717) is 114 Å². The fourth-order valence-electron chi connectivity index (χ4n) is 12.6. The molecule has 0 fully saturated rings. The van der Waals surface area contributed by atoms with Crippen LogP contribution in [0.1, 0.15) is 284 Å². The summed E-state index contributed by atoms with van der Waals surface area (Å²) in [5.41, 5.74) is 1.52. The van der Waals surface area contributed by atoms with Gasteiger partial charge in [-0.05, 0) is 142 Å². The summed E-state index contributed by atoms with van der Waals surface area (Å²) in [6, 6.07) is 14.1. The molecule has 7 atom stereocenters. The molecule has 0 aliphatic heterocycles. The average molecular weight is 1550 g/mol. The van der Waals surface area contributed by atoms with Crippen molar-refractivity contribution in [3.63, 3.8) is 0 Å². The van der Waals surface area contributed by atoms with Crippen molar-refractivity contribution >= 4 is 68.4 Å². The van der Waals surface area contributed by atoms with Crippen LogP contribution in [0, 0.1) is 18.3 Å². The highest BCUT2D eigenvalue weighted by molar-refractivity contribution is 7.91. The van der Waals surface area contributed by atoms with Gasteiger partial charge in [0.15, 0.2) is 15.7 Å². The van der Waals surface area contributed by atoms with Gasteiger partial charge in [0.1, 0.15) is 70.7 Å². The number of esters is 5. The van der Waals surface area contributed by atoms with E-state index in [-0.39, 0.29) is 153 Å². The number of nitriles is 1. The van der Waals surface area contributed by atoms with Gasteiger partial charge in [-0.1, -0.05) is 136 Å². The van der Waals surface area contributed by atoms with Gasteiger partial charge in [0.05, 0.1) is 57.1 Å². The van der Waals surface area contributed by atoms with Gasteiger partial charge in [-0.25, -0.2) is 13.4 Å². The molecule has 3 aromatic rings. The van der Waals surface area contributed by atoms with Crippen LogP contribution in [0.3, 0.4) is 0 Å². The standard InChI is InChI=1S/C83H135N7O18S/c1-11-16-36-66(91)39-24-29-47-77(95)105-62(6)60-90(61-63(7)106-78(96)48-33-28-45-70(43-20-15-5)108-80(98)50-31-26-41-68(93)38-18-13-3)52-56-109(99,100)75-58-73(101-9)72(57-74(75)102-10)88-89-81-64(8)71(59-84)82(87-83(81)86-65-34-22-21-23-35-65)85-51-53-103-54-55-104-76(94)46-32-27-44-69(42-19-14-4)107-79(97)49-30-25-40-67(92)37-17-12-2/h21-23,34-35,57-58,62-63,66-70,91-93H,11-20,24-33,36-56,60-61H2,1-10H3,(H2,85,86,87). The highest BCUT2D eigenvalue weighted by Gasteiger charge is 2.28. The molecule has 616 valence electrons. The molecule has 1 aromatic heterocycles. The third kappa shape index (κ3) is 42.3. The Morgan fingerprint density at radius 2 is 0.972 bits per heavy atom. The molecule has 0 bridgehead atoms. The fraction of sp³-hybridized carbons (Fsp3) is 0.723. The number of rotatable bonds is 65.